The van der Waals surface area contributed by atoms with Crippen LogP contribution in [0.2, 0.25) is 5.02 Å². The highest BCUT2D eigenvalue weighted by atomic mass is 79.9. The van der Waals surface area contributed by atoms with Gasteiger partial charge in [-0.05, 0) is 48.2 Å². The molecule has 4 rings (SSSR count). The number of para-hydroxylation sites is 1. The predicted octanol–water partition coefficient (Wildman–Crippen LogP) is 6.48. The molecule has 2 aromatic carbocycles. The topological polar surface area (TPSA) is 59.8 Å². The number of ether oxygens (including phenoxy) is 1. The first-order valence-corrected chi connectivity index (χ1v) is 11.0. The molecule has 0 N–H and O–H groups in total. The third-order valence-electron chi connectivity index (χ3n) is 4.31. The molecule has 0 bridgehead atoms. The number of hydrogen-bond acceptors (Lipinski definition) is 5. The molecule has 152 valence electrons. The number of rotatable bonds is 6. The van der Waals surface area contributed by atoms with E-state index >= 15 is 0 Å². The standard InChI is InChI=1S/C22H15BrClNO4S/c23-15-7-5-14(6-8-15)18-10-9-16(29-18)13-20-21(26)25(22(27)30-20)11-12-28-19-4-2-1-3-17(19)24/h1-10,13H,11-12H2/b20-13-. The summed E-state index contributed by atoms with van der Waals surface area (Å²) in [7, 11) is 0. The number of carbonyl (C=O) groups excluding carboxylic acids is 2. The minimum Gasteiger partial charge on any atom is -0.490 e. The van der Waals surface area contributed by atoms with E-state index in [4.69, 9.17) is 20.8 Å². The largest absolute Gasteiger partial charge is 0.490 e. The molecule has 8 heteroatoms. The molecule has 0 aliphatic carbocycles. The van der Waals surface area contributed by atoms with Gasteiger partial charge in [-0.15, -0.1) is 0 Å². The Balaban J connectivity index is 1.41. The van der Waals surface area contributed by atoms with Crippen LogP contribution >= 0.6 is 39.3 Å². The molecule has 1 saturated heterocycles. The fourth-order valence-electron chi connectivity index (χ4n) is 2.83. The highest BCUT2D eigenvalue weighted by molar-refractivity contribution is 9.10. The van der Waals surface area contributed by atoms with Crippen LogP contribution in [0.5, 0.6) is 5.75 Å². The van der Waals surface area contributed by atoms with E-state index in [1.54, 1.807) is 36.4 Å². The molecule has 2 amide bonds. The summed E-state index contributed by atoms with van der Waals surface area (Å²) < 4.78 is 12.4. The number of nitrogens with zero attached hydrogens (tertiary/aromatic N) is 1. The zero-order valence-electron chi connectivity index (χ0n) is 15.5. The van der Waals surface area contributed by atoms with Gasteiger partial charge in [-0.25, -0.2) is 0 Å². The Morgan fingerprint density at radius 1 is 1.07 bits per heavy atom. The summed E-state index contributed by atoms with van der Waals surface area (Å²) in [6.45, 7) is 0.291. The van der Waals surface area contributed by atoms with Crippen LogP contribution in [0.25, 0.3) is 17.4 Å². The summed E-state index contributed by atoms with van der Waals surface area (Å²) in [5, 5.41) is 0.139. The van der Waals surface area contributed by atoms with Gasteiger partial charge in [0.2, 0.25) is 0 Å². The first-order valence-electron chi connectivity index (χ1n) is 9.00. The van der Waals surface area contributed by atoms with Gasteiger partial charge in [0.05, 0.1) is 16.5 Å². The van der Waals surface area contributed by atoms with Gasteiger partial charge in [-0.3, -0.25) is 14.5 Å². The second kappa shape index (κ2) is 9.12. The number of thioether (sulfide) groups is 1. The number of furan rings is 1. The number of hydrogen-bond donors (Lipinski definition) is 0. The Bertz CT molecular complexity index is 1130. The van der Waals surface area contributed by atoms with Gasteiger partial charge in [0.1, 0.15) is 23.9 Å². The lowest BCUT2D eigenvalue weighted by Gasteiger charge is -2.13. The molecule has 0 unspecified atom stereocenters. The van der Waals surface area contributed by atoms with Crippen molar-refractivity contribution >= 4 is 56.5 Å². The van der Waals surface area contributed by atoms with Crippen LogP contribution in [0.4, 0.5) is 4.79 Å². The number of halogens is 2. The molecule has 0 spiro atoms. The molecule has 30 heavy (non-hydrogen) atoms. The lowest BCUT2D eigenvalue weighted by molar-refractivity contribution is -0.123. The number of benzene rings is 2. The number of imide groups is 1. The van der Waals surface area contributed by atoms with Crippen molar-refractivity contribution in [2.45, 2.75) is 0 Å². The van der Waals surface area contributed by atoms with Crippen LogP contribution in [0.15, 0.2) is 74.5 Å². The maximum absolute atomic E-state index is 12.6. The van der Waals surface area contributed by atoms with Gasteiger partial charge in [0.15, 0.2) is 0 Å². The zero-order chi connectivity index (χ0) is 21.1. The summed E-state index contributed by atoms with van der Waals surface area (Å²) in [6, 6.07) is 18.4. The predicted molar refractivity (Wildman–Crippen MR) is 121 cm³/mol. The first kappa shape index (κ1) is 20.8. The molecule has 1 aliphatic heterocycles. The van der Waals surface area contributed by atoms with Gasteiger partial charge < -0.3 is 9.15 Å². The lowest BCUT2D eigenvalue weighted by Crippen LogP contribution is -2.32. The third-order valence-corrected chi connectivity index (χ3v) is 6.06. The summed E-state index contributed by atoms with van der Waals surface area (Å²) in [5.41, 5.74) is 0.919. The monoisotopic (exact) mass is 503 g/mol. The lowest BCUT2D eigenvalue weighted by atomic mass is 10.2. The molecule has 2 heterocycles. The van der Waals surface area contributed by atoms with Gasteiger partial charge >= 0.3 is 0 Å². The Kier molecular flexibility index (Phi) is 6.32. The fraction of sp³-hybridized carbons (Fsp3) is 0.0909. The molecule has 0 radical (unpaired) electrons. The Hall–Kier alpha value is -2.48. The molecule has 5 nitrogen and oxygen atoms in total. The van der Waals surface area contributed by atoms with Crippen LogP contribution < -0.4 is 4.74 Å². The molecule has 3 aromatic rings. The van der Waals surface area contributed by atoms with Crippen molar-refractivity contribution in [3.63, 3.8) is 0 Å². The van der Waals surface area contributed by atoms with Gasteiger partial charge in [-0.2, -0.15) is 0 Å². The van der Waals surface area contributed by atoms with Crippen LogP contribution in [0.1, 0.15) is 5.76 Å². The van der Waals surface area contributed by atoms with Crippen molar-refractivity contribution in [1.29, 1.82) is 0 Å². The van der Waals surface area contributed by atoms with E-state index in [1.807, 2.05) is 30.3 Å². The van der Waals surface area contributed by atoms with Crippen LogP contribution in [-0.2, 0) is 4.79 Å². The van der Waals surface area contributed by atoms with Crippen LogP contribution in [0, 0.1) is 0 Å². The maximum atomic E-state index is 12.6. The third kappa shape index (κ3) is 4.64. The molecular weight excluding hydrogens is 490 g/mol. The Morgan fingerprint density at radius 2 is 1.83 bits per heavy atom. The summed E-state index contributed by atoms with van der Waals surface area (Å²) in [6.07, 6.45) is 1.59. The van der Waals surface area contributed by atoms with Gasteiger partial charge in [0, 0.05) is 16.1 Å². The van der Waals surface area contributed by atoms with E-state index in [2.05, 4.69) is 15.9 Å². The normalized spacial score (nSPS) is 15.3. The SMILES string of the molecule is O=C1S/C(=C\c2ccc(-c3ccc(Br)cc3)o2)C(=O)N1CCOc1ccccc1Cl. The van der Waals surface area contributed by atoms with Crippen molar-refractivity contribution < 1.29 is 18.7 Å². The minimum absolute atomic E-state index is 0.134. The van der Waals surface area contributed by atoms with E-state index in [0.717, 1.165) is 26.7 Å². The number of carbonyl (C=O) groups is 2. The number of amides is 2. The smallest absolute Gasteiger partial charge is 0.293 e. The van der Waals surface area contributed by atoms with Gasteiger partial charge in [-0.1, -0.05) is 51.8 Å². The van der Waals surface area contributed by atoms with E-state index in [1.165, 1.54) is 0 Å². The minimum atomic E-state index is -0.366. The van der Waals surface area contributed by atoms with E-state index in [0.29, 0.717) is 27.2 Å². The Morgan fingerprint density at radius 3 is 2.60 bits per heavy atom. The van der Waals surface area contributed by atoms with Crippen LogP contribution in [0.3, 0.4) is 0 Å². The molecule has 0 saturated carbocycles. The molecule has 1 aromatic heterocycles. The van der Waals surface area contributed by atoms with Crippen molar-refractivity contribution in [2.24, 2.45) is 0 Å². The molecule has 1 fully saturated rings. The second-order valence-corrected chi connectivity index (χ2v) is 8.64. The van der Waals surface area contributed by atoms with Crippen molar-refractivity contribution in [2.75, 3.05) is 13.2 Å². The molecular formula is C22H15BrClNO4S. The van der Waals surface area contributed by atoms with E-state index in [-0.39, 0.29) is 24.3 Å². The maximum Gasteiger partial charge on any atom is 0.293 e. The van der Waals surface area contributed by atoms with Crippen molar-refractivity contribution in [3.8, 4) is 17.1 Å². The average Bonchev–Trinajstić information content (AvgIpc) is 3.30. The summed E-state index contributed by atoms with van der Waals surface area (Å²) in [4.78, 5) is 26.4. The highest BCUT2D eigenvalue weighted by Crippen LogP contribution is 2.33. The van der Waals surface area contributed by atoms with Crippen molar-refractivity contribution in [1.82, 2.24) is 4.90 Å². The Labute approximate surface area is 190 Å². The van der Waals surface area contributed by atoms with E-state index in [9.17, 15) is 9.59 Å². The summed E-state index contributed by atoms with van der Waals surface area (Å²) in [5.74, 6) is 1.33. The average molecular weight is 505 g/mol. The molecule has 1 aliphatic rings. The van der Waals surface area contributed by atoms with Crippen LogP contribution in [-0.4, -0.2) is 29.2 Å². The zero-order valence-corrected chi connectivity index (χ0v) is 18.7. The quantitative estimate of drug-likeness (QED) is 0.360. The fourth-order valence-corrected chi connectivity index (χ4v) is 4.13. The summed E-state index contributed by atoms with van der Waals surface area (Å²) >= 11 is 10.3. The van der Waals surface area contributed by atoms with Crippen molar-refractivity contribution in [3.05, 3.63) is 80.8 Å². The molecule has 0 atom stereocenters. The van der Waals surface area contributed by atoms with E-state index < -0.39 is 0 Å². The van der Waals surface area contributed by atoms with Gasteiger partial charge in [0.25, 0.3) is 11.1 Å². The highest BCUT2D eigenvalue weighted by Gasteiger charge is 2.35. The first-order chi connectivity index (χ1) is 14.5. The second-order valence-electron chi connectivity index (χ2n) is 6.32.